The number of aromatic nitrogens is 1. The van der Waals surface area contributed by atoms with Crippen LogP contribution >= 0.6 is 0 Å². The highest BCUT2D eigenvalue weighted by Crippen LogP contribution is 2.37. The number of Topliss-reactive ketones (excluding diaryl/α,β-unsaturated/α-hetero) is 1. The standard InChI is InChI=1S/C24H17NO3/c1-25-14-16(12-22-24(27)19-13-17(26)10-11-21(19)28-22)23-18(8-5-9-20(23)25)15-6-3-2-4-7-15/h2-14,26H,1H3. The Balaban J connectivity index is 1.69. The van der Waals surface area contributed by atoms with Crippen molar-refractivity contribution in [2.24, 2.45) is 7.05 Å². The Labute approximate surface area is 161 Å². The fraction of sp³-hybridized carbons (Fsp3) is 0.0417. The Bertz CT molecular complexity index is 1270. The molecular formula is C24H17NO3. The molecule has 3 aromatic carbocycles. The molecule has 0 atom stereocenters. The number of aromatic hydroxyl groups is 1. The van der Waals surface area contributed by atoms with Gasteiger partial charge in [0.2, 0.25) is 5.78 Å². The highest BCUT2D eigenvalue weighted by molar-refractivity contribution is 6.15. The number of phenols is 1. The van der Waals surface area contributed by atoms with Crippen molar-refractivity contribution >= 4 is 22.8 Å². The fourth-order valence-electron chi connectivity index (χ4n) is 3.77. The van der Waals surface area contributed by atoms with Gasteiger partial charge in [0.1, 0.15) is 11.5 Å². The molecule has 1 aliphatic rings. The van der Waals surface area contributed by atoms with Crippen LogP contribution in [0.1, 0.15) is 15.9 Å². The van der Waals surface area contributed by atoms with Crippen molar-refractivity contribution in [3.63, 3.8) is 0 Å². The molecule has 136 valence electrons. The Morgan fingerprint density at radius 3 is 2.61 bits per heavy atom. The second-order valence-electron chi connectivity index (χ2n) is 6.88. The first-order chi connectivity index (χ1) is 13.6. The van der Waals surface area contributed by atoms with E-state index in [0.717, 1.165) is 27.6 Å². The van der Waals surface area contributed by atoms with E-state index in [1.165, 1.54) is 12.1 Å². The summed E-state index contributed by atoms with van der Waals surface area (Å²) in [5.74, 6) is 0.558. The molecule has 2 heterocycles. The number of nitrogens with zero attached hydrogens (tertiary/aromatic N) is 1. The average Bonchev–Trinajstić information content (AvgIpc) is 3.20. The number of ketones is 1. The summed E-state index contributed by atoms with van der Waals surface area (Å²) in [5, 5.41) is 10.7. The van der Waals surface area contributed by atoms with Crippen molar-refractivity contribution in [1.82, 2.24) is 4.57 Å². The summed E-state index contributed by atoms with van der Waals surface area (Å²) in [6.45, 7) is 0. The number of aryl methyl sites for hydroxylation is 1. The van der Waals surface area contributed by atoms with E-state index in [1.807, 2.05) is 42.1 Å². The lowest BCUT2D eigenvalue weighted by atomic mass is 9.98. The number of fused-ring (bicyclic) bond motifs is 2. The third-order valence-electron chi connectivity index (χ3n) is 5.07. The molecule has 0 bridgehead atoms. The fourth-order valence-corrected chi connectivity index (χ4v) is 3.77. The van der Waals surface area contributed by atoms with Crippen LogP contribution in [0, 0.1) is 0 Å². The minimum atomic E-state index is -0.222. The van der Waals surface area contributed by atoms with Gasteiger partial charge in [-0.05, 0) is 41.5 Å². The molecule has 28 heavy (non-hydrogen) atoms. The lowest BCUT2D eigenvalue weighted by molar-refractivity contribution is 0.101. The molecule has 0 spiro atoms. The van der Waals surface area contributed by atoms with Crippen LogP contribution in [0.15, 0.2) is 78.7 Å². The van der Waals surface area contributed by atoms with E-state index in [4.69, 9.17) is 4.74 Å². The minimum Gasteiger partial charge on any atom is -0.508 e. The van der Waals surface area contributed by atoms with Gasteiger partial charge in [0.25, 0.3) is 0 Å². The second kappa shape index (κ2) is 6.13. The van der Waals surface area contributed by atoms with Gasteiger partial charge in [-0.1, -0.05) is 42.5 Å². The molecule has 1 aromatic heterocycles. The first kappa shape index (κ1) is 16.4. The van der Waals surface area contributed by atoms with Gasteiger partial charge in [-0.2, -0.15) is 0 Å². The zero-order valence-corrected chi connectivity index (χ0v) is 15.2. The molecule has 0 radical (unpaired) electrons. The largest absolute Gasteiger partial charge is 0.508 e. The van der Waals surface area contributed by atoms with Crippen molar-refractivity contribution in [1.29, 1.82) is 0 Å². The number of hydrogen-bond acceptors (Lipinski definition) is 3. The summed E-state index contributed by atoms with van der Waals surface area (Å²) in [4.78, 5) is 12.7. The molecule has 0 saturated heterocycles. The molecule has 1 aliphatic heterocycles. The molecule has 0 fully saturated rings. The van der Waals surface area contributed by atoms with Crippen LogP contribution in [0.2, 0.25) is 0 Å². The smallest absolute Gasteiger partial charge is 0.232 e. The molecule has 4 aromatic rings. The minimum absolute atomic E-state index is 0.0495. The van der Waals surface area contributed by atoms with E-state index < -0.39 is 0 Å². The first-order valence-electron chi connectivity index (χ1n) is 9.02. The third-order valence-corrected chi connectivity index (χ3v) is 5.07. The first-order valence-corrected chi connectivity index (χ1v) is 9.02. The zero-order chi connectivity index (χ0) is 19.3. The van der Waals surface area contributed by atoms with Crippen LogP contribution in [-0.2, 0) is 7.05 Å². The summed E-state index contributed by atoms with van der Waals surface area (Å²) in [7, 11) is 1.99. The Hall–Kier alpha value is -3.79. The van der Waals surface area contributed by atoms with Crippen LogP contribution in [0.25, 0.3) is 28.1 Å². The molecule has 0 unspecified atom stereocenters. The van der Waals surface area contributed by atoms with Gasteiger partial charge in [0.15, 0.2) is 5.76 Å². The van der Waals surface area contributed by atoms with Gasteiger partial charge in [-0.25, -0.2) is 0 Å². The maximum Gasteiger partial charge on any atom is 0.232 e. The van der Waals surface area contributed by atoms with Crippen molar-refractivity contribution < 1.29 is 14.6 Å². The number of benzene rings is 3. The van der Waals surface area contributed by atoms with E-state index in [1.54, 1.807) is 12.1 Å². The van der Waals surface area contributed by atoms with E-state index in [2.05, 4.69) is 24.3 Å². The number of phenolic OH excluding ortho intramolecular Hbond substituents is 1. The van der Waals surface area contributed by atoms with Crippen LogP contribution in [0.4, 0.5) is 0 Å². The Morgan fingerprint density at radius 1 is 0.964 bits per heavy atom. The van der Waals surface area contributed by atoms with E-state index in [-0.39, 0.29) is 17.3 Å². The molecular weight excluding hydrogens is 350 g/mol. The summed E-state index contributed by atoms with van der Waals surface area (Å²) in [5.41, 5.74) is 4.60. The quantitative estimate of drug-likeness (QED) is 0.498. The monoisotopic (exact) mass is 367 g/mol. The summed E-state index contributed by atoms with van der Waals surface area (Å²) < 4.78 is 7.82. The Kier molecular flexibility index (Phi) is 3.59. The predicted molar refractivity (Wildman–Crippen MR) is 109 cm³/mol. The molecule has 0 saturated carbocycles. The number of carbonyl (C=O) groups excluding carboxylic acids is 1. The van der Waals surface area contributed by atoms with Crippen LogP contribution in [-0.4, -0.2) is 15.5 Å². The van der Waals surface area contributed by atoms with E-state index >= 15 is 0 Å². The van der Waals surface area contributed by atoms with Gasteiger partial charge in [0, 0.05) is 29.7 Å². The molecule has 5 rings (SSSR count). The number of ether oxygens (including phenoxy) is 1. The van der Waals surface area contributed by atoms with Gasteiger partial charge in [-0.3, -0.25) is 4.79 Å². The summed E-state index contributed by atoms with van der Waals surface area (Å²) in [6, 6.07) is 20.9. The topological polar surface area (TPSA) is 51.5 Å². The van der Waals surface area contributed by atoms with Crippen molar-refractivity contribution in [2.75, 3.05) is 0 Å². The molecule has 0 amide bonds. The predicted octanol–water partition coefficient (Wildman–Crippen LogP) is 5.17. The summed E-state index contributed by atoms with van der Waals surface area (Å²) in [6.07, 6.45) is 3.79. The third kappa shape index (κ3) is 2.50. The Morgan fingerprint density at radius 2 is 1.79 bits per heavy atom. The van der Waals surface area contributed by atoms with Gasteiger partial charge in [-0.15, -0.1) is 0 Å². The summed E-state index contributed by atoms with van der Waals surface area (Å²) >= 11 is 0. The van der Waals surface area contributed by atoms with Crippen molar-refractivity contribution in [3.8, 4) is 22.6 Å². The van der Waals surface area contributed by atoms with Crippen molar-refractivity contribution in [3.05, 3.63) is 89.8 Å². The van der Waals surface area contributed by atoms with Crippen LogP contribution in [0.3, 0.4) is 0 Å². The van der Waals surface area contributed by atoms with Gasteiger partial charge in [0.05, 0.1) is 5.56 Å². The highest BCUT2D eigenvalue weighted by Gasteiger charge is 2.28. The normalized spacial score (nSPS) is 14.5. The van der Waals surface area contributed by atoms with Crippen LogP contribution in [0.5, 0.6) is 11.5 Å². The zero-order valence-electron chi connectivity index (χ0n) is 15.2. The average molecular weight is 367 g/mol. The molecule has 4 nitrogen and oxygen atoms in total. The second-order valence-corrected chi connectivity index (χ2v) is 6.88. The maximum atomic E-state index is 12.7. The number of rotatable bonds is 2. The number of hydrogen-bond donors (Lipinski definition) is 1. The van der Waals surface area contributed by atoms with Gasteiger partial charge < -0.3 is 14.4 Å². The maximum absolute atomic E-state index is 12.7. The number of allylic oxidation sites excluding steroid dienone is 1. The van der Waals surface area contributed by atoms with Crippen LogP contribution < -0.4 is 4.74 Å². The lowest BCUT2D eigenvalue weighted by Crippen LogP contribution is -1.98. The molecule has 1 N–H and O–H groups in total. The molecule has 4 heteroatoms. The van der Waals surface area contributed by atoms with E-state index in [0.29, 0.717) is 11.3 Å². The highest BCUT2D eigenvalue weighted by atomic mass is 16.5. The molecule has 0 aliphatic carbocycles. The van der Waals surface area contributed by atoms with Gasteiger partial charge >= 0.3 is 0 Å². The van der Waals surface area contributed by atoms with E-state index in [9.17, 15) is 9.90 Å². The SMILES string of the molecule is Cn1cc(C=C2Oc3ccc(O)cc3C2=O)c2c(-c3ccccc3)cccc21. The van der Waals surface area contributed by atoms with Crippen molar-refractivity contribution in [2.45, 2.75) is 0 Å². The lowest BCUT2D eigenvalue weighted by Gasteiger charge is -2.06. The number of carbonyl (C=O) groups is 1.